The third-order valence-electron chi connectivity index (χ3n) is 5.04. The summed E-state index contributed by atoms with van der Waals surface area (Å²) in [7, 11) is 1.94. The highest BCUT2D eigenvalue weighted by molar-refractivity contribution is 9.10. The third-order valence-corrected chi connectivity index (χ3v) is 5.82. The highest BCUT2D eigenvalue weighted by Crippen LogP contribution is 2.36. The van der Waals surface area contributed by atoms with Crippen LogP contribution in [0.15, 0.2) is 51.5 Å². The second-order valence-electron chi connectivity index (χ2n) is 7.27. The minimum absolute atomic E-state index is 0.257. The van der Waals surface area contributed by atoms with Crippen molar-refractivity contribution in [3.8, 4) is 12.3 Å². The summed E-state index contributed by atoms with van der Waals surface area (Å²) in [4.78, 5) is 4.53. The molecule has 4 rings (SSSR count). The molecule has 9 nitrogen and oxygen atoms in total. The van der Waals surface area contributed by atoms with Gasteiger partial charge in [0, 0.05) is 43.5 Å². The zero-order chi connectivity index (χ0) is 21.0. The lowest BCUT2D eigenvalue weighted by Crippen LogP contribution is -2.30. The monoisotopic (exact) mass is 467 g/mol. The summed E-state index contributed by atoms with van der Waals surface area (Å²) >= 11 is 3.60. The molecule has 0 aliphatic carbocycles. The molecule has 1 aromatic carbocycles. The highest BCUT2D eigenvalue weighted by Gasteiger charge is 2.39. The van der Waals surface area contributed by atoms with E-state index in [-0.39, 0.29) is 11.7 Å². The standard InChI is InChI=1S/C20H22BrN9/c1-3-4-9-20(25-26-20)10-11-22-18(17-13-29(2)14-23-17)19-24-27-28-30(19)12-15-7-5-6-8-16(15)21/h1,5-8,13-14,18,22H,4,9-12H2,2H3. The molecule has 2 aromatic heterocycles. The number of terminal acetylenes is 1. The topological polar surface area (TPSA) is 98.2 Å². The first-order valence-electron chi connectivity index (χ1n) is 9.68. The molecule has 1 aliphatic rings. The average Bonchev–Trinajstić information content (AvgIpc) is 3.13. The Morgan fingerprint density at radius 3 is 2.80 bits per heavy atom. The van der Waals surface area contributed by atoms with Gasteiger partial charge in [0.05, 0.1) is 18.6 Å². The smallest absolute Gasteiger partial charge is 0.193 e. The van der Waals surface area contributed by atoms with Crippen LogP contribution in [0, 0.1) is 12.3 Å². The van der Waals surface area contributed by atoms with E-state index < -0.39 is 0 Å². The number of tetrazole rings is 1. The Kier molecular flexibility index (Phi) is 6.01. The fourth-order valence-corrected chi connectivity index (χ4v) is 3.72. The van der Waals surface area contributed by atoms with Gasteiger partial charge in [-0.2, -0.15) is 10.2 Å². The highest BCUT2D eigenvalue weighted by atomic mass is 79.9. The lowest BCUT2D eigenvalue weighted by atomic mass is 10.0. The van der Waals surface area contributed by atoms with Crippen molar-refractivity contribution in [2.24, 2.45) is 17.3 Å². The average molecular weight is 468 g/mol. The van der Waals surface area contributed by atoms with Crippen molar-refractivity contribution < 1.29 is 0 Å². The quantitative estimate of drug-likeness (QED) is 0.462. The van der Waals surface area contributed by atoms with Gasteiger partial charge in [0.25, 0.3) is 0 Å². The number of nitrogens with zero attached hydrogens (tertiary/aromatic N) is 8. The minimum Gasteiger partial charge on any atom is -0.340 e. The number of nitrogens with one attached hydrogen (secondary N) is 1. The summed E-state index contributed by atoms with van der Waals surface area (Å²) in [6, 6.07) is 7.77. The normalized spacial score (nSPS) is 15.1. The number of aromatic nitrogens is 6. The molecule has 0 saturated heterocycles. The van der Waals surface area contributed by atoms with Gasteiger partial charge in [-0.05, 0) is 22.1 Å². The Hall–Kier alpha value is -2.90. The Bertz CT molecular complexity index is 1070. The van der Waals surface area contributed by atoms with E-state index in [0.717, 1.165) is 28.6 Å². The second-order valence-corrected chi connectivity index (χ2v) is 8.13. The van der Waals surface area contributed by atoms with Crippen LogP contribution in [0.5, 0.6) is 0 Å². The number of benzene rings is 1. The van der Waals surface area contributed by atoms with Crippen LogP contribution in [0.4, 0.5) is 0 Å². The molecule has 154 valence electrons. The van der Waals surface area contributed by atoms with E-state index in [1.54, 1.807) is 11.0 Å². The SMILES string of the molecule is C#CCCC1(CCNC(c2cn(C)cn2)c2nnnn2Cc2ccccc2Br)N=N1. The van der Waals surface area contributed by atoms with Crippen molar-refractivity contribution in [3.63, 3.8) is 0 Å². The number of rotatable bonds is 10. The fourth-order valence-electron chi connectivity index (χ4n) is 3.31. The number of aryl methyl sites for hydroxylation is 1. The van der Waals surface area contributed by atoms with Crippen molar-refractivity contribution in [2.75, 3.05) is 6.54 Å². The Morgan fingerprint density at radius 2 is 2.10 bits per heavy atom. The minimum atomic E-state index is -0.338. The fraction of sp³-hybridized carbons (Fsp3) is 0.400. The van der Waals surface area contributed by atoms with E-state index in [4.69, 9.17) is 6.42 Å². The molecule has 0 radical (unpaired) electrons. The molecule has 1 atom stereocenters. The van der Waals surface area contributed by atoms with E-state index in [1.807, 2.05) is 42.1 Å². The Balaban J connectivity index is 1.52. The first kappa shape index (κ1) is 20.4. The molecule has 30 heavy (non-hydrogen) atoms. The van der Waals surface area contributed by atoms with Crippen molar-refractivity contribution in [3.05, 3.63) is 58.3 Å². The Labute approximate surface area is 183 Å². The summed E-state index contributed by atoms with van der Waals surface area (Å²) in [5.74, 6) is 3.36. The molecule has 0 amide bonds. The zero-order valence-electron chi connectivity index (χ0n) is 16.6. The van der Waals surface area contributed by atoms with Gasteiger partial charge in [0.15, 0.2) is 11.5 Å². The van der Waals surface area contributed by atoms with Crippen LogP contribution in [-0.2, 0) is 13.6 Å². The maximum Gasteiger partial charge on any atom is 0.193 e. The van der Waals surface area contributed by atoms with Crippen molar-refractivity contribution in [1.82, 2.24) is 35.1 Å². The van der Waals surface area contributed by atoms with E-state index in [2.05, 4.69) is 57.9 Å². The van der Waals surface area contributed by atoms with E-state index in [0.29, 0.717) is 25.3 Å². The molecule has 3 heterocycles. The van der Waals surface area contributed by atoms with Gasteiger partial charge >= 0.3 is 0 Å². The van der Waals surface area contributed by atoms with Crippen molar-refractivity contribution in [2.45, 2.75) is 37.5 Å². The molecule has 3 aromatic rings. The molecule has 0 spiro atoms. The second kappa shape index (κ2) is 8.85. The molecular formula is C20H22BrN9. The van der Waals surface area contributed by atoms with Gasteiger partial charge in [-0.3, -0.25) is 0 Å². The third kappa shape index (κ3) is 4.63. The van der Waals surface area contributed by atoms with Gasteiger partial charge in [-0.25, -0.2) is 9.67 Å². The molecule has 1 aliphatic heterocycles. The molecular weight excluding hydrogens is 446 g/mol. The molecule has 0 saturated carbocycles. The number of hydrogen-bond donors (Lipinski definition) is 1. The largest absolute Gasteiger partial charge is 0.340 e. The van der Waals surface area contributed by atoms with Gasteiger partial charge < -0.3 is 9.88 Å². The summed E-state index contributed by atoms with van der Waals surface area (Å²) in [6.45, 7) is 1.23. The lowest BCUT2D eigenvalue weighted by Gasteiger charge is -2.18. The van der Waals surface area contributed by atoms with Crippen LogP contribution >= 0.6 is 15.9 Å². The van der Waals surface area contributed by atoms with Gasteiger partial charge in [0.2, 0.25) is 0 Å². The van der Waals surface area contributed by atoms with Crippen LogP contribution in [-0.4, -0.2) is 42.0 Å². The summed E-state index contributed by atoms with van der Waals surface area (Å²) in [5.41, 5.74) is 1.60. The Morgan fingerprint density at radius 1 is 1.27 bits per heavy atom. The maximum atomic E-state index is 5.39. The lowest BCUT2D eigenvalue weighted by molar-refractivity contribution is 0.453. The van der Waals surface area contributed by atoms with Crippen LogP contribution in [0.3, 0.4) is 0 Å². The van der Waals surface area contributed by atoms with Gasteiger partial charge in [-0.15, -0.1) is 17.4 Å². The summed E-state index contributed by atoms with van der Waals surface area (Å²) in [6.07, 6.45) is 11.3. The van der Waals surface area contributed by atoms with E-state index >= 15 is 0 Å². The van der Waals surface area contributed by atoms with Crippen LogP contribution in [0.25, 0.3) is 0 Å². The number of hydrogen-bond acceptors (Lipinski definition) is 7. The molecule has 1 N–H and O–H groups in total. The molecule has 0 bridgehead atoms. The predicted octanol–water partition coefficient (Wildman–Crippen LogP) is 2.86. The first-order valence-corrected chi connectivity index (χ1v) is 10.5. The summed E-state index contributed by atoms with van der Waals surface area (Å²) in [5, 5.41) is 24.4. The first-order chi connectivity index (χ1) is 14.6. The predicted molar refractivity (Wildman–Crippen MR) is 114 cm³/mol. The van der Waals surface area contributed by atoms with Crippen LogP contribution < -0.4 is 5.32 Å². The van der Waals surface area contributed by atoms with Gasteiger partial charge in [-0.1, -0.05) is 34.1 Å². The molecule has 10 heteroatoms. The van der Waals surface area contributed by atoms with Crippen LogP contribution in [0.2, 0.25) is 0 Å². The van der Waals surface area contributed by atoms with Crippen LogP contribution in [0.1, 0.15) is 42.4 Å². The van der Waals surface area contributed by atoms with Crippen molar-refractivity contribution >= 4 is 15.9 Å². The van der Waals surface area contributed by atoms with E-state index in [1.165, 1.54) is 0 Å². The summed E-state index contributed by atoms with van der Waals surface area (Å²) < 4.78 is 4.72. The number of halogens is 1. The zero-order valence-corrected chi connectivity index (χ0v) is 18.2. The van der Waals surface area contributed by atoms with Crippen molar-refractivity contribution in [1.29, 1.82) is 0 Å². The molecule has 1 unspecified atom stereocenters. The maximum absolute atomic E-state index is 5.39. The van der Waals surface area contributed by atoms with Gasteiger partial charge in [0.1, 0.15) is 6.04 Å². The van der Waals surface area contributed by atoms with E-state index in [9.17, 15) is 0 Å². The molecule has 0 fully saturated rings. The number of imidazole rings is 1.